The quantitative estimate of drug-likeness (QED) is 0.776. The molecule has 1 aromatic carbocycles. The fourth-order valence-corrected chi connectivity index (χ4v) is 4.65. The molecule has 2 amide bonds. The van der Waals surface area contributed by atoms with Crippen molar-refractivity contribution in [1.29, 1.82) is 0 Å². The van der Waals surface area contributed by atoms with Crippen LogP contribution in [0, 0.1) is 0 Å². The maximum absolute atomic E-state index is 12.9. The summed E-state index contributed by atoms with van der Waals surface area (Å²) >= 11 is 0. The van der Waals surface area contributed by atoms with Crippen LogP contribution in [-0.2, 0) is 21.2 Å². The Hall–Kier alpha value is -2.17. The summed E-state index contributed by atoms with van der Waals surface area (Å²) in [6, 6.07) is 4.74. The molecule has 0 bridgehead atoms. The standard InChI is InChI=1S/C18H26N4O5S/c1-13-11-20(8-9-21(13)18(24)25)12-17(23)22-7-6-14-4-5-15(10-16(14)22)28(26,27)19(2)3/h4-5,10,13H,6-9,11-12H2,1-3H3,(H,24,25)/t13-/m1/s1. The predicted octanol–water partition coefficient (Wildman–Crippen LogP) is 0.510. The number of carbonyl (C=O) groups excluding carboxylic acids is 1. The van der Waals surface area contributed by atoms with E-state index in [0.717, 1.165) is 9.87 Å². The van der Waals surface area contributed by atoms with E-state index in [1.165, 1.54) is 19.0 Å². The van der Waals surface area contributed by atoms with Crippen molar-refractivity contribution < 1.29 is 23.1 Å². The Morgan fingerprint density at radius 3 is 2.54 bits per heavy atom. The third kappa shape index (κ3) is 3.85. The molecular formula is C18H26N4O5S. The lowest BCUT2D eigenvalue weighted by Crippen LogP contribution is -2.55. The van der Waals surface area contributed by atoms with Gasteiger partial charge in [0.05, 0.1) is 11.4 Å². The zero-order valence-electron chi connectivity index (χ0n) is 16.3. The summed E-state index contributed by atoms with van der Waals surface area (Å²) in [6.45, 7) is 3.89. The number of hydrogen-bond donors (Lipinski definition) is 1. The maximum Gasteiger partial charge on any atom is 0.407 e. The van der Waals surface area contributed by atoms with E-state index in [0.29, 0.717) is 38.3 Å². The van der Waals surface area contributed by atoms with Gasteiger partial charge in [-0.05, 0) is 31.0 Å². The molecule has 10 heteroatoms. The Morgan fingerprint density at radius 1 is 1.21 bits per heavy atom. The second-order valence-corrected chi connectivity index (χ2v) is 9.59. The number of carboxylic acid groups (broad SMARTS) is 1. The maximum atomic E-state index is 12.9. The van der Waals surface area contributed by atoms with Crippen molar-refractivity contribution in [3.8, 4) is 0 Å². The molecule has 1 saturated heterocycles. The Labute approximate surface area is 165 Å². The molecule has 2 aliphatic heterocycles. The highest BCUT2D eigenvalue weighted by Crippen LogP contribution is 2.31. The van der Waals surface area contributed by atoms with Gasteiger partial charge in [0.25, 0.3) is 0 Å². The van der Waals surface area contributed by atoms with E-state index in [9.17, 15) is 18.0 Å². The van der Waals surface area contributed by atoms with Gasteiger partial charge in [-0.3, -0.25) is 9.69 Å². The van der Waals surface area contributed by atoms with Gasteiger partial charge in [-0.25, -0.2) is 17.5 Å². The number of amides is 2. The first-order chi connectivity index (χ1) is 13.1. The van der Waals surface area contributed by atoms with Crippen LogP contribution >= 0.6 is 0 Å². The predicted molar refractivity (Wildman–Crippen MR) is 104 cm³/mol. The number of piperazine rings is 1. The van der Waals surface area contributed by atoms with Crippen LogP contribution in [0.25, 0.3) is 0 Å². The van der Waals surface area contributed by atoms with Crippen LogP contribution in [0.1, 0.15) is 12.5 Å². The molecule has 9 nitrogen and oxygen atoms in total. The topological polar surface area (TPSA) is 101 Å². The number of hydrogen-bond acceptors (Lipinski definition) is 5. The summed E-state index contributed by atoms with van der Waals surface area (Å²) in [7, 11) is -0.621. The molecule has 0 saturated carbocycles. The minimum absolute atomic E-state index is 0.103. The molecule has 0 radical (unpaired) electrons. The van der Waals surface area contributed by atoms with Crippen LogP contribution < -0.4 is 4.90 Å². The summed E-state index contributed by atoms with van der Waals surface area (Å²) in [5, 5.41) is 9.17. The second kappa shape index (κ2) is 7.69. The fraction of sp³-hybridized carbons (Fsp3) is 0.556. The van der Waals surface area contributed by atoms with Gasteiger partial charge in [-0.1, -0.05) is 6.07 Å². The summed E-state index contributed by atoms with van der Waals surface area (Å²) in [5.41, 5.74) is 1.60. The van der Waals surface area contributed by atoms with Crippen molar-refractivity contribution in [2.75, 3.05) is 51.7 Å². The van der Waals surface area contributed by atoms with Crippen LogP contribution in [-0.4, -0.2) is 92.5 Å². The monoisotopic (exact) mass is 410 g/mol. The summed E-state index contributed by atoms with van der Waals surface area (Å²) in [4.78, 5) is 29.2. The average Bonchev–Trinajstić information content (AvgIpc) is 3.04. The molecule has 3 rings (SSSR count). The van der Waals surface area contributed by atoms with Crippen molar-refractivity contribution in [3.05, 3.63) is 23.8 Å². The fourth-order valence-electron chi connectivity index (χ4n) is 3.73. The molecule has 154 valence electrons. The Balaban J connectivity index is 1.73. The van der Waals surface area contributed by atoms with Crippen molar-refractivity contribution in [2.24, 2.45) is 0 Å². The number of anilines is 1. The second-order valence-electron chi connectivity index (χ2n) is 7.43. The average molecular weight is 410 g/mol. The van der Waals surface area contributed by atoms with E-state index in [1.54, 1.807) is 23.1 Å². The molecule has 0 unspecified atom stereocenters. The van der Waals surface area contributed by atoms with E-state index >= 15 is 0 Å². The zero-order valence-corrected chi connectivity index (χ0v) is 17.1. The van der Waals surface area contributed by atoms with Crippen molar-refractivity contribution in [1.82, 2.24) is 14.1 Å². The largest absolute Gasteiger partial charge is 0.465 e. The SMILES string of the molecule is C[C@@H]1CN(CC(=O)N2CCc3ccc(S(=O)(=O)N(C)C)cc32)CCN1C(=O)O. The highest BCUT2D eigenvalue weighted by atomic mass is 32.2. The van der Waals surface area contributed by atoms with Gasteiger partial charge in [-0.15, -0.1) is 0 Å². The summed E-state index contributed by atoms with van der Waals surface area (Å²) in [6.07, 6.45) is -0.256. The summed E-state index contributed by atoms with van der Waals surface area (Å²) in [5.74, 6) is -0.103. The molecule has 0 aromatic heterocycles. The van der Waals surface area contributed by atoms with Gasteiger partial charge < -0.3 is 14.9 Å². The lowest BCUT2D eigenvalue weighted by atomic mass is 10.2. The third-order valence-corrected chi connectivity index (χ3v) is 7.16. The molecule has 1 N–H and O–H groups in total. The minimum atomic E-state index is -3.57. The smallest absolute Gasteiger partial charge is 0.407 e. The van der Waals surface area contributed by atoms with Crippen LogP contribution in [0.2, 0.25) is 0 Å². The summed E-state index contributed by atoms with van der Waals surface area (Å²) < 4.78 is 26.0. The Morgan fingerprint density at radius 2 is 1.93 bits per heavy atom. The van der Waals surface area contributed by atoms with E-state index in [2.05, 4.69) is 0 Å². The first-order valence-corrected chi connectivity index (χ1v) is 10.6. The van der Waals surface area contributed by atoms with Crippen LogP contribution in [0.4, 0.5) is 10.5 Å². The Bertz CT molecular complexity index is 886. The molecule has 1 aromatic rings. The van der Waals surface area contributed by atoms with E-state index in [4.69, 9.17) is 5.11 Å². The van der Waals surface area contributed by atoms with Gasteiger partial charge >= 0.3 is 6.09 Å². The van der Waals surface area contributed by atoms with Gasteiger partial charge in [0.2, 0.25) is 15.9 Å². The van der Waals surface area contributed by atoms with Crippen LogP contribution in [0.5, 0.6) is 0 Å². The molecule has 2 aliphatic rings. The Kier molecular flexibility index (Phi) is 5.64. The highest BCUT2D eigenvalue weighted by molar-refractivity contribution is 7.89. The molecule has 1 atom stereocenters. The van der Waals surface area contributed by atoms with Gasteiger partial charge in [-0.2, -0.15) is 0 Å². The first-order valence-electron chi connectivity index (χ1n) is 9.19. The highest BCUT2D eigenvalue weighted by Gasteiger charge is 2.31. The number of fused-ring (bicyclic) bond motifs is 1. The number of rotatable bonds is 4. The van der Waals surface area contributed by atoms with Gasteiger partial charge in [0.1, 0.15) is 0 Å². The molecule has 28 heavy (non-hydrogen) atoms. The number of carbonyl (C=O) groups is 2. The van der Waals surface area contributed by atoms with E-state index in [-0.39, 0.29) is 23.4 Å². The molecule has 0 spiro atoms. The number of benzene rings is 1. The molecule has 2 heterocycles. The zero-order chi connectivity index (χ0) is 20.6. The molecule has 1 fully saturated rings. The van der Waals surface area contributed by atoms with Crippen molar-refractivity contribution >= 4 is 27.7 Å². The normalized spacial score (nSPS) is 20.5. The van der Waals surface area contributed by atoms with Gasteiger partial charge in [0, 0.05) is 52.0 Å². The van der Waals surface area contributed by atoms with Crippen molar-refractivity contribution in [2.45, 2.75) is 24.3 Å². The van der Waals surface area contributed by atoms with Crippen LogP contribution in [0.15, 0.2) is 23.1 Å². The van der Waals surface area contributed by atoms with E-state index in [1.807, 2.05) is 11.8 Å². The molecular weight excluding hydrogens is 384 g/mol. The van der Waals surface area contributed by atoms with Crippen molar-refractivity contribution in [3.63, 3.8) is 0 Å². The van der Waals surface area contributed by atoms with Gasteiger partial charge in [0.15, 0.2) is 0 Å². The number of sulfonamides is 1. The minimum Gasteiger partial charge on any atom is -0.465 e. The lowest BCUT2D eigenvalue weighted by molar-refractivity contribution is -0.120. The third-order valence-electron chi connectivity index (χ3n) is 5.35. The van der Waals surface area contributed by atoms with Crippen LogP contribution in [0.3, 0.4) is 0 Å². The van der Waals surface area contributed by atoms with E-state index < -0.39 is 16.1 Å². The first kappa shape index (κ1) is 20.6. The number of nitrogens with zero attached hydrogens (tertiary/aromatic N) is 4. The lowest BCUT2D eigenvalue weighted by Gasteiger charge is -2.38. The molecule has 0 aliphatic carbocycles.